The van der Waals surface area contributed by atoms with Crippen molar-refractivity contribution in [1.29, 1.82) is 0 Å². The van der Waals surface area contributed by atoms with Gasteiger partial charge in [0.1, 0.15) is 5.82 Å². The van der Waals surface area contributed by atoms with Crippen LogP contribution in [-0.2, 0) is 6.54 Å². The Morgan fingerprint density at radius 3 is 3.00 bits per heavy atom. The lowest BCUT2D eigenvalue weighted by Crippen LogP contribution is -2.20. The highest BCUT2D eigenvalue weighted by molar-refractivity contribution is 5.07. The van der Waals surface area contributed by atoms with Gasteiger partial charge in [0.25, 0.3) is 0 Å². The van der Waals surface area contributed by atoms with E-state index in [9.17, 15) is 5.11 Å². The van der Waals surface area contributed by atoms with Crippen molar-refractivity contribution in [3.05, 3.63) is 18.2 Å². The summed E-state index contributed by atoms with van der Waals surface area (Å²) in [5.74, 6) is 1.63. The van der Waals surface area contributed by atoms with Crippen molar-refractivity contribution >= 4 is 0 Å². The number of rotatable bonds is 4. The molecule has 0 amide bonds. The number of hydrogen-bond acceptors (Lipinski definition) is 3. The molecule has 72 valence electrons. The molecule has 0 radical (unpaired) electrons. The van der Waals surface area contributed by atoms with Crippen LogP contribution in [0.2, 0.25) is 0 Å². The summed E-state index contributed by atoms with van der Waals surface area (Å²) < 4.78 is 1.93. The Bertz CT molecular complexity index is 281. The van der Waals surface area contributed by atoms with Gasteiger partial charge in [-0.1, -0.05) is 0 Å². The minimum Gasteiger partial charge on any atom is -0.394 e. The van der Waals surface area contributed by atoms with E-state index in [0.717, 1.165) is 5.82 Å². The van der Waals surface area contributed by atoms with Crippen LogP contribution in [0, 0.1) is 0 Å². The van der Waals surface area contributed by atoms with Crippen molar-refractivity contribution in [2.24, 2.45) is 0 Å². The van der Waals surface area contributed by atoms with Crippen LogP contribution < -0.4 is 0 Å². The van der Waals surface area contributed by atoms with Gasteiger partial charge < -0.3 is 14.8 Å². The Hall–Kier alpha value is -0.870. The van der Waals surface area contributed by atoms with Crippen LogP contribution in [0.25, 0.3) is 0 Å². The Labute approximate surface area is 76.8 Å². The second kappa shape index (κ2) is 3.47. The number of aliphatic hydroxyl groups excluding tert-OH is 2. The van der Waals surface area contributed by atoms with Crippen molar-refractivity contribution in [2.45, 2.75) is 31.4 Å². The van der Waals surface area contributed by atoms with Gasteiger partial charge in [-0.2, -0.15) is 0 Å². The molecule has 2 N–H and O–H groups in total. The molecule has 1 fully saturated rings. The van der Waals surface area contributed by atoms with Crippen molar-refractivity contribution in [3.8, 4) is 0 Å². The van der Waals surface area contributed by atoms with Crippen molar-refractivity contribution in [1.82, 2.24) is 9.55 Å². The summed E-state index contributed by atoms with van der Waals surface area (Å²) in [5, 5.41) is 18.0. The zero-order valence-corrected chi connectivity index (χ0v) is 7.43. The molecule has 1 aromatic heterocycles. The number of imidazole rings is 1. The summed E-state index contributed by atoms with van der Waals surface area (Å²) in [6.07, 6.45) is 5.33. The SMILES string of the molecule is OCC(O)Cn1ccnc1C1CC1. The third kappa shape index (κ3) is 1.89. The maximum absolute atomic E-state index is 9.26. The van der Waals surface area contributed by atoms with E-state index in [1.165, 1.54) is 12.8 Å². The third-order valence-corrected chi connectivity index (χ3v) is 2.31. The van der Waals surface area contributed by atoms with Crippen LogP contribution in [0.3, 0.4) is 0 Å². The molecule has 2 rings (SSSR count). The first kappa shape index (κ1) is 8.72. The van der Waals surface area contributed by atoms with Crippen LogP contribution in [0.1, 0.15) is 24.6 Å². The number of aromatic nitrogens is 2. The molecule has 0 spiro atoms. The van der Waals surface area contributed by atoms with E-state index in [0.29, 0.717) is 12.5 Å². The Kier molecular flexibility index (Phi) is 2.33. The van der Waals surface area contributed by atoms with Gasteiger partial charge in [0, 0.05) is 18.3 Å². The third-order valence-electron chi connectivity index (χ3n) is 2.31. The van der Waals surface area contributed by atoms with Crippen molar-refractivity contribution in [2.75, 3.05) is 6.61 Å². The number of hydrogen-bond donors (Lipinski definition) is 2. The molecule has 1 heterocycles. The molecule has 1 aliphatic rings. The lowest BCUT2D eigenvalue weighted by Gasteiger charge is -2.10. The Morgan fingerprint density at radius 1 is 1.62 bits per heavy atom. The highest BCUT2D eigenvalue weighted by Crippen LogP contribution is 2.38. The van der Waals surface area contributed by atoms with Crippen molar-refractivity contribution < 1.29 is 10.2 Å². The highest BCUT2D eigenvalue weighted by atomic mass is 16.3. The average molecular weight is 182 g/mol. The summed E-state index contributed by atoms with van der Waals surface area (Å²) in [6.45, 7) is 0.255. The molecule has 1 aromatic rings. The summed E-state index contributed by atoms with van der Waals surface area (Å²) >= 11 is 0. The van der Waals surface area contributed by atoms with E-state index in [2.05, 4.69) is 4.98 Å². The van der Waals surface area contributed by atoms with Gasteiger partial charge >= 0.3 is 0 Å². The van der Waals surface area contributed by atoms with Crippen LogP contribution in [0.4, 0.5) is 0 Å². The minimum atomic E-state index is -0.674. The maximum atomic E-state index is 9.26. The molecule has 13 heavy (non-hydrogen) atoms. The molecule has 1 saturated carbocycles. The first-order chi connectivity index (χ1) is 6.31. The molecule has 0 saturated heterocycles. The molecule has 4 heteroatoms. The van der Waals surface area contributed by atoms with Gasteiger partial charge in [0.05, 0.1) is 19.3 Å². The summed E-state index contributed by atoms with van der Waals surface area (Å²) in [6, 6.07) is 0. The lowest BCUT2D eigenvalue weighted by molar-refractivity contribution is 0.0805. The first-order valence-corrected chi connectivity index (χ1v) is 4.61. The topological polar surface area (TPSA) is 58.3 Å². The second-order valence-corrected chi connectivity index (χ2v) is 3.55. The molecule has 1 aliphatic carbocycles. The van der Waals surface area contributed by atoms with Crippen LogP contribution >= 0.6 is 0 Å². The second-order valence-electron chi connectivity index (χ2n) is 3.55. The summed E-state index contributed by atoms with van der Waals surface area (Å²) in [5.41, 5.74) is 0. The maximum Gasteiger partial charge on any atom is 0.111 e. The van der Waals surface area contributed by atoms with Gasteiger partial charge in [-0.05, 0) is 12.8 Å². The predicted molar refractivity (Wildman–Crippen MR) is 47.3 cm³/mol. The zero-order valence-electron chi connectivity index (χ0n) is 7.43. The van der Waals surface area contributed by atoms with Gasteiger partial charge in [0.2, 0.25) is 0 Å². The average Bonchev–Trinajstić information content (AvgIpc) is 2.88. The quantitative estimate of drug-likeness (QED) is 0.695. The molecular weight excluding hydrogens is 168 g/mol. The monoisotopic (exact) mass is 182 g/mol. The van der Waals surface area contributed by atoms with E-state index in [1.54, 1.807) is 6.20 Å². The van der Waals surface area contributed by atoms with E-state index in [1.807, 2.05) is 10.8 Å². The molecule has 1 atom stereocenters. The van der Waals surface area contributed by atoms with E-state index in [4.69, 9.17) is 5.11 Å². The fraction of sp³-hybridized carbons (Fsp3) is 0.667. The first-order valence-electron chi connectivity index (χ1n) is 4.61. The molecule has 0 aromatic carbocycles. The van der Waals surface area contributed by atoms with E-state index in [-0.39, 0.29) is 6.61 Å². The van der Waals surface area contributed by atoms with Gasteiger partial charge in [0.15, 0.2) is 0 Å². The number of aliphatic hydroxyl groups is 2. The van der Waals surface area contributed by atoms with E-state index < -0.39 is 6.10 Å². The summed E-state index contributed by atoms with van der Waals surface area (Å²) in [4.78, 5) is 4.24. The lowest BCUT2D eigenvalue weighted by atomic mass is 10.3. The predicted octanol–water partition coefficient (Wildman–Crippen LogP) is 0.114. The number of nitrogens with zero attached hydrogens (tertiary/aromatic N) is 2. The fourth-order valence-corrected chi connectivity index (χ4v) is 1.46. The normalized spacial score (nSPS) is 18.9. The van der Waals surface area contributed by atoms with Gasteiger partial charge in [-0.15, -0.1) is 0 Å². The van der Waals surface area contributed by atoms with Gasteiger partial charge in [-0.3, -0.25) is 0 Å². The van der Waals surface area contributed by atoms with Crippen molar-refractivity contribution in [3.63, 3.8) is 0 Å². The Morgan fingerprint density at radius 2 is 2.38 bits per heavy atom. The van der Waals surface area contributed by atoms with Crippen LogP contribution in [0.5, 0.6) is 0 Å². The highest BCUT2D eigenvalue weighted by Gasteiger charge is 2.28. The van der Waals surface area contributed by atoms with E-state index >= 15 is 0 Å². The largest absolute Gasteiger partial charge is 0.394 e. The molecular formula is C9H14N2O2. The standard InChI is InChI=1S/C9H14N2O2/c12-6-8(13)5-11-4-3-10-9(11)7-1-2-7/h3-4,7-8,12-13H,1-2,5-6H2. The van der Waals surface area contributed by atoms with Crippen LogP contribution in [0.15, 0.2) is 12.4 Å². The minimum absolute atomic E-state index is 0.192. The fourth-order valence-electron chi connectivity index (χ4n) is 1.46. The zero-order chi connectivity index (χ0) is 9.26. The molecule has 1 unspecified atom stereocenters. The van der Waals surface area contributed by atoms with Gasteiger partial charge in [-0.25, -0.2) is 4.98 Å². The van der Waals surface area contributed by atoms with Crippen LogP contribution in [-0.4, -0.2) is 32.5 Å². The molecule has 4 nitrogen and oxygen atoms in total. The molecule has 0 aliphatic heterocycles. The smallest absolute Gasteiger partial charge is 0.111 e. The Balaban J connectivity index is 2.05. The molecule has 0 bridgehead atoms. The summed E-state index contributed by atoms with van der Waals surface area (Å²) in [7, 11) is 0.